The molecule has 8 heteroatoms. The van der Waals surface area contributed by atoms with Crippen LogP contribution in [0.4, 0.5) is 18.9 Å². The molecule has 0 unspecified atom stereocenters. The second-order valence-corrected chi connectivity index (χ2v) is 8.69. The molecule has 4 nitrogen and oxygen atoms in total. The van der Waals surface area contributed by atoms with Gasteiger partial charge in [0.1, 0.15) is 0 Å². The van der Waals surface area contributed by atoms with E-state index >= 15 is 0 Å². The summed E-state index contributed by atoms with van der Waals surface area (Å²) >= 11 is 6.11. The van der Waals surface area contributed by atoms with Gasteiger partial charge in [0.05, 0.1) is 17.2 Å². The van der Waals surface area contributed by atoms with Gasteiger partial charge in [-0.3, -0.25) is 4.79 Å². The van der Waals surface area contributed by atoms with Crippen LogP contribution < -0.4 is 10.6 Å². The van der Waals surface area contributed by atoms with Gasteiger partial charge in [-0.2, -0.15) is 18.4 Å². The van der Waals surface area contributed by atoms with Crippen molar-refractivity contribution in [3.05, 3.63) is 76.3 Å². The fourth-order valence-corrected chi connectivity index (χ4v) is 4.46. The van der Waals surface area contributed by atoms with Gasteiger partial charge in [-0.15, -0.1) is 0 Å². The van der Waals surface area contributed by atoms with E-state index in [1.165, 1.54) is 6.07 Å². The predicted octanol–water partition coefficient (Wildman–Crippen LogP) is 6.54. The lowest BCUT2D eigenvalue weighted by atomic mass is 9.90. The number of carbonyl (C=O) groups excluding carboxylic acids is 1. The van der Waals surface area contributed by atoms with E-state index in [2.05, 4.69) is 10.6 Å². The smallest absolute Gasteiger partial charge is 0.382 e. The van der Waals surface area contributed by atoms with E-state index in [0.717, 1.165) is 31.4 Å². The van der Waals surface area contributed by atoms with Gasteiger partial charge in [0.15, 0.2) is 0 Å². The van der Waals surface area contributed by atoms with Crippen LogP contribution >= 0.6 is 11.6 Å². The first-order valence-corrected chi connectivity index (χ1v) is 11.0. The van der Waals surface area contributed by atoms with E-state index in [-0.39, 0.29) is 18.0 Å². The molecule has 170 valence electrons. The van der Waals surface area contributed by atoms with Crippen LogP contribution in [-0.2, 0) is 6.18 Å². The molecule has 3 aromatic carbocycles. The van der Waals surface area contributed by atoms with Gasteiger partial charge < -0.3 is 10.6 Å². The number of nitriles is 1. The normalized spacial score (nSPS) is 18.5. The molecule has 1 aliphatic rings. The Morgan fingerprint density at radius 1 is 1.06 bits per heavy atom. The Labute approximate surface area is 194 Å². The van der Waals surface area contributed by atoms with E-state index < -0.39 is 11.7 Å². The first-order chi connectivity index (χ1) is 15.7. The molecule has 3 aromatic rings. The van der Waals surface area contributed by atoms with Crippen LogP contribution in [0.2, 0.25) is 5.02 Å². The molecule has 4 rings (SSSR count). The molecule has 1 fully saturated rings. The Bertz CT molecular complexity index is 1240. The molecule has 2 atom stereocenters. The third-order valence-corrected chi connectivity index (χ3v) is 6.10. The second-order valence-electron chi connectivity index (χ2n) is 8.26. The summed E-state index contributed by atoms with van der Waals surface area (Å²) < 4.78 is 40.4. The highest BCUT2D eigenvalue weighted by Crippen LogP contribution is 2.37. The molecule has 33 heavy (non-hydrogen) atoms. The molecule has 0 heterocycles. The molecule has 0 saturated heterocycles. The predicted molar refractivity (Wildman–Crippen MR) is 122 cm³/mol. The van der Waals surface area contributed by atoms with Gasteiger partial charge in [-0.1, -0.05) is 23.7 Å². The van der Waals surface area contributed by atoms with Crippen LogP contribution in [0.25, 0.3) is 10.8 Å². The number of rotatable bonds is 4. The van der Waals surface area contributed by atoms with E-state index in [1.54, 1.807) is 36.4 Å². The van der Waals surface area contributed by atoms with Crippen molar-refractivity contribution in [3.8, 4) is 6.07 Å². The number of benzene rings is 3. The summed E-state index contributed by atoms with van der Waals surface area (Å²) in [5.41, 5.74) is 0.461. The van der Waals surface area contributed by atoms with Crippen molar-refractivity contribution >= 4 is 34.0 Å². The van der Waals surface area contributed by atoms with E-state index in [4.69, 9.17) is 16.9 Å². The number of hydrogen-bond acceptors (Lipinski definition) is 3. The van der Waals surface area contributed by atoms with Gasteiger partial charge in [0.25, 0.3) is 5.91 Å². The molecule has 1 saturated carbocycles. The van der Waals surface area contributed by atoms with Crippen LogP contribution in [0.15, 0.2) is 54.6 Å². The summed E-state index contributed by atoms with van der Waals surface area (Å²) in [6.07, 6.45) is -1.53. The minimum atomic E-state index is -4.47. The van der Waals surface area contributed by atoms with Crippen LogP contribution in [0, 0.1) is 11.3 Å². The highest BCUT2D eigenvalue weighted by Gasteiger charge is 2.32. The van der Waals surface area contributed by atoms with Crippen molar-refractivity contribution in [3.63, 3.8) is 0 Å². The maximum Gasteiger partial charge on any atom is 0.416 e. The zero-order chi connectivity index (χ0) is 23.6. The Morgan fingerprint density at radius 2 is 1.85 bits per heavy atom. The highest BCUT2D eigenvalue weighted by molar-refractivity contribution is 6.31. The average molecular weight is 472 g/mol. The number of nitrogens with one attached hydrogen (secondary N) is 2. The highest BCUT2D eigenvalue weighted by atomic mass is 35.5. The van der Waals surface area contributed by atoms with Gasteiger partial charge in [0.2, 0.25) is 0 Å². The third kappa shape index (κ3) is 5.40. The molecule has 2 N–H and O–H groups in total. The number of anilines is 1. The first kappa shape index (κ1) is 22.9. The lowest BCUT2D eigenvalue weighted by Gasteiger charge is -2.31. The molecule has 0 aliphatic heterocycles. The molecule has 0 aromatic heterocycles. The summed E-state index contributed by atoms with van der Waals surface area (Å²) in [5.74, 6) is -0.269. The van der Waals surface area contributed by atoms with E-state index in [0.29, 0.717) is 39.0 Å². The Hall–Kier alpha value is -3.24. The third-order valence-electron chi connectivity index (χ3n) is 5.87. The summed E-state index contributed by atoms with van der Waals surface area (Å²) in [7, 11) is 0. The van der Waals surface area contributed by atoms with Gasteiger partial charge in [-0.05, 0) is 73.5 Å². The van der Waals surface area contributed by atoms with Gasteiger partial charge >= 0.3 is 6.18 Å². The van der Waals surface area contributed by atoms with Crippen molar-refractivity contribution in [2.45, 2.75) is 43.9 Å². The van der Waals surface area contributed by atoms with E-state index in [9.17, 15) is 18.0 Å². The number of fused-ring (bicyclic) bond motifs is 1. The number of amides is 1. The zero-order valence-electron chi connectivity index (χ0n) is 17.5. The topological polar surface area (TPSA) is 64.9 Å². The fraction of sp³-hybridized carbons (Fsp3) is 0.280. The quantitative estimate of drug-likeness (QED) is 0.454. The average Bonchev–Trinajstić information content (AvgIpc) is 2.79. The molecule has 0 bridgehead atoms. The van der Waals surface area contributed by atoms with Crippen LogP contribution in [0.3, 0.4) is 0 Å². The lowest BCUT2D eigenvalue weighted by Crippen LogP contribution is -2.41. The molecular weight excluding hydrogens is 451 g/mol. The molecule has 0 spiro atoms. The summed E-state index contributed by atoms with van der Waals surface area (Å²) in [4.78, 5) is 12.6. The van der Waals surface area contributed by atoms with Crippen molar-refractivity contribution < 1.29 is 18.0 Å². The van der Waals surface area contributed by atoms with Crippen molar-refractivity contribution in [1.29, 1.82) is 5.26 Å². The summed E-state index contributed by atoms with van der Waals surface area (Å²) in [6.45, 7) is 0. The minimum absolute atomic E-state index is 0.111. The summed E-state index contributed by atoms with van der Waals surface area (Å²) in [5, 5.41) is 16.8. The number of halogens is 4. The zero-order valence-corrected chi connectivity index (χ0v) is 18.3. The molecule has 1 amide bonds. The monoisotopic (exact) mass is 471 g/mol. The second kappa shape index (κ2) is 9.32. The van der Waals surface area contributed by atoms with Crippen LogP contribution in [-0.4, -0.2) is 18.0 Å². The maximum atomic E-state index is 13.5. The minimum Gasteiger partial charge on any atom is -0.382 e. The molecular formula is C25H21ClF3N3O. The van der Waals surface area contributed by atoms with E-state index in [1.807, 2.05) is 6.07 Å². The van der Waals surface area contributed by atoms with Crippen molar-refractivity contribution in [2.75, 3.05) is 5.32 Å². The fourth-order valence-electron chi connectivity index (χ4n) is 4.28. The standard InChI is InChI=1S/C25H21ClF3N3O/c26-19-8-7-16-10-18(25(27,28)29)11-23(22(16)12-19)31-20-5-2-6-21(13-20)32-24(33)17-4-1-3-15(9-17)14-30/h1,3-4,7-12,20-21,31H,2,5-6,13H2,(H,32,33)/t20-,21+/m0/s1. The first-order valence-electron chi connectivity index (χ1n) is 10.6. The largest absolute Gasteiger partial charge is 0.416 e. The van der Waals surface area contributed by atoms with Gasteiger partial charge in [-0.25, -0.2) is 0 Å². The van der Waals surface area contributed by atoms with Gasteiger partial charge in [0, 0.05) is 33.7 Å². The lowest BCUT2D eigenvalue weighted by molar-refractivity contribution is -0.137. The molecule has 1 aliphatic carbocycles. The van der Waals surface area contributed by atoms with Crippen LogP contribution in [0.1, 0.15) is 47.2 Å². The Balaban J connectivity index is 1.53. The van der Waals surface area contributed by atoms with Crippen LogP contribution in [0.5, 0.6) is 0 Å². The van der Waals surface area contributed by atoms with Crippen molar-refractivity contribution in [1.82, 2.24) is 5.32 Å². The number of carbonyl (C=O) groups is 1. The Kier molecular flexibility index (Phi) is 6.48. The molecule has 0 radical (unpaired) electrons. The number of nitrogens with zero attached hydrogens (tertiary/aromatic N) is 1. The van der Waals surface area contributed by atoms with Crippen molar-refractivity contribution in [2.24, 2.45) is 0 Å². The maximum absolute atomic E-state index is 13.5. The SMILES string of the molecule is N#Cc1cccc(C(=O)N[C@@H]2CCC[C@H](Nc3cc(C(F)(F)F)cc4ccc(Cl)cc34)C2)c1. The Morgan fingerprint density at radius 3 is 2.61 bits per heavy atom. The number of hydrogen-bond donors (Lipinski definition) is 2. The summed E-state index contributed by atoms with van der Waals surface area (Å²) in [6, 6.07) is 15.3. The number of alkyl halides is 3.